The van der Waals surface area contributed by atoms with E-state index in [1.807, 2.05) is 0 Å². The van der Waals surface area contributed by atoms with Gasteiger partial charge in [0.1, 0.15) is 0 Å². The first-order valence-corrected chi connectivity index (χ1v) is 1.93. The third-order valence-corrected chi connectivity index (χ3v) is 0. The predicted octanol–water partition coefficient (Wildman–Crippen LogP) is -0.0695. The van der Waals surface area contributed by atoms with Crippen molar-refractivity contribution in [3.8, 4) is 12.8 Å². The molecular weight excluding hydrogens is 104 g/mol. The summed E-state index contributed by atoms with van der Waals surface area (Å²) in [6.07, 6.45) is 8.00. The molecule has 0 heterocycles. The summed E-state index contributed by atoms with van der Waals surface area (Å²) in [6, 6.07) is 0. The minimum atomic E-state index is -2.61. The fraction of sp³-hybridized carbons (Fsp3) is 0. The van der Waals surface area contributed by atoms with Crippen molar-refractivity contribution in [2.45, 2.75) is 0 Å². The van der Waals surface area contributed by atoms with Crippen LogP contribution in [0.5, 0.6) is 0 Å². The monoisotopic (exact) mass is 108 g/mol. The predicted molar refractivity (Wildman–Crippen MR) is 23.3 cm³/mol. The van der Waals surface area contributed by atoms with Crippen molar-refractivity contribution < 1.29 is 13.3 Å². The lowest BCUT2D eigenvalue weighted by molar-refractivity contribution is 0.454. The normalized spacial score (nSPS) is 6.17. The van der Waals surface area contributed by atoms with Gasteiger partial charge in [0.15, 0.2) is 0 Å². The summed E-state index contributed by atoms with van der Waals surface area (Å²) >= 11 is -2.61. The molecule has 0 aliphatic carbocycles. The lowest BCUT2D eigenvalue weighted by Gasteiger charge is -1.59. The second-order valence-electron chi connectivity index (χ2n) is 0.231. The highest BCUT2D eigenvalue weighted by molar-refractivity contribution is 7.73. The molecule has 0 aliphatic rings. The van der Waals surface area contributed by atoms with E-state index in [4.69, 9.17) is 13.3 Å². The van der Waals surface area contributed by atoms with Crippen LogP contribution in [0.25, 0.3) is 0 Å². The lowest BCUT2D eigenvalue weighted by atomic mass is 11.4. The van der Waals surface area contributed by atoms with Crippen molar-refractivity contribution in [2.24, 2.45) is 0 Å². The average molecular weight is 108 g/mol. The van der Waals surface area contributed by atoms with Gasteiger partial charge in [0.25, 0.3) is 11.4 Å². The Labute approximate surface area is 38.5 Å². The highest BCUT2D eigenvalue weighted by Gasteiger charge is 1.62. The van der Waals surface area contributed by atoms with Crippen LogP contribution in [-0.4, -0.2) is 13.3 Å². The Morgan fingerprint density at radius 1 is 1.33 bits per heavy atom. The molecular formula is C2H4O3S. The number of hydrogen-bond donors (Lipinski definition) is 2. The van der Waals surface area contributed by atoms with Crippen molar-refractivity contribution >= 4 is 11.4 Å². The van der Waals surface area contributed by atoms with Gasteiger partial charge in [-0.2, -0.15) is 4.21 Å². The molecule has 3 nitrogen and oxygen atoms in total. The van der Waals surface area contributed by atoms with Gasteiger partial charge in [0.2, 0.25) is 0 Å². The zero-order valence-corrected chi connectivity index (χ0v) is 3.68. The molecule has 0 spiro atoms. The molecule has 0 aromatic carbocycles. The topological polar surface area (TPSA) is 57.5 Å². The number of rotatable bonds is 0. The Balaban J connectivity index is 0. The summed E-state index contributed by atoms with van der Waals surface area (Å²) in [5.74, 6) is 0. The maximum Gasteiger partial charge on any atom is 0.299 e. The molecule has 0 unspecified atom stereocenters. The Hall–Kier alpha value is -0.370. The van der Waals surface area contributed by atoms with Gasteiger partial charge in [-0.15, -0.1) is 12.8 Å². The molecule has 36 valence electrons. The molecule has 0 atom stereocenters. The molecule has 0 saturated carbocycles. The molecule has 0 aromatic heterocycles. The van der Waals surface area contributed by atoms with Crippen LogP contribution in [-0.2, 0) is 11.4 Å². The van der Waals surface area contributed by atoms with Crippen LogP contribution in [0.3, 0.4) is 0 Å². The summed E-state index contributed by atoms with van der Waals surface area (Å²) in [5, 5.41) is 0. The molecule has 0 bridgehead atoms. The summed E-state index contributed by atoms with van der Waals surface area (Å²) in [6.45, 7) is 0. The van der Waals surface area contributed by atoms with E-state index in [0.717, 1.165) is 0 Å². The van der Waals surface area contributed by atoms with Gasteiger partial charge in [0.05, 0.1) is 0 Å². The van der Waals surface area contributed by atoms with Crippen LogP contribution < -0.4 is 0 Å². The van der Waals surface area contributed by atoms with E-state index < -0.39 is 11.4 Å². The van der Waals surface area contributed by atoms with E-state index in [0.29, 0.717) is 0 Å². The van der Waals surface area contributed by atoms with Gasteiger partial charge in [-0.1, -0.05) is 0 Å². The van der Waals surface area contributed by atoms with Crippen LogP contribution >= 0.6 is 0 Å². The fourth-order valence-corrected chi connectivity index (χ4v) is 0. The van der Waals surface area contributed by atoms with Crippen LogP contribution in [0.15, 0.2) is 0 Å². The summed E-state index contributed by atoms with van der Waals surface area (Å²) in [4.78, 5) is 0. The van der Waals surface area contributed by atoms with Gasteiger partial charge in [0, 0.05) is 0 Å². The molecule has 0 fully saturated rings. The zero-order chi connectivity index (χ0) is 5.58. The molecule has 0 amide bonds. The van der Waals surface area contributed by atoms with Gasteiger partial charge < -0.3 is 0 Å². The minimum absolute atomic E-state index is 2.61. The number of hydrogen-bond acceptors (Lipinski definition) is 1. The maximum absolute atomic E-state index is 8.67. The largest absolute Gasteiger partial charge is 0.299 e. The van der Waals surface area contributed by atoms with E-state index >= 15 is 0 Å². The highest BCUT2D eigenvalue weighted by atomic mass is 32.2. The summed E-state index contributed by atoms with van der Waals surface area (Å²) < 4.78 is 22.8. The summed E-state index contributed by atoms with van der Waals surface area (Å²) in [5.41, 5.74) is 0. The highest BCUT2D eigenvalue weighted by Crippen LogP contribution is 1.44. The second-order valence-corrected chi connectivity index (χ2v) is 0.692. The Morgan fingerprint density at radius 2 is 1.33 bits per heavy atom. The van der Waals surface area contributed by atoms with Crippen LogP contribution in [0.2, 0.25) is 0 Å². The molecule has 2 N–H and O–H groups in total. The molecule has 0 radical (unpaired) electrons. The Bertz CT molecular complexity index is 53.1. The van der Waals surface area contributed by atoms with Gasteiger partial charge >= 0.3 is 0 Å². The van der Waals surface area contributed by atoms with Crippen molar-refractivity contribution in [1.82, 2.24) is 0 Å². The van der Waals surface area contributed by atoms with E-state index in [1.54, 1.807) is 0 Å². The van der Waals surface area contributed by atoms with Crippen molar-refractivity contribution in [1.29, 1.82) is 0 Å². The zero-order valence-electron chi connectivity index (χ0n) is 2.87. The fourth-order valence-electron chi connectivity index (χ4n) is 0. The maximum atomic E-state index is 8.67. The Morgan fingerprint density at radius 3 is 1.33 bits per heavy atom. The van der Waals surface area contributed by atoms with E-state index in [-0.39, 0.29) is 0 Å². The summed E-state index contributed by atoms with van der Waals surface area (Å²) in [7, 11) is 0. The first kappa shape index (κ1) is 9.16. The van der Waals surface area contributed by atoms with Crippen molar-refractivity contribution in [2.75, 3.05) is 0 Å². The third-order valence-electron chi connectivity index (χ3n) is 0. The van der Waals surface area contributed by atoms with Crippen molar-refractivity contribution in [3.63, 3.8) is 0 Å². The minimum Gasteiger partial charge on any atom is -0.284 e. The van der Waals surface area contributed by atoms with Crippen LogP contribution in [0, 0.1) is 12.8 Å². The van der Waals surface area contributed by atoms with E-state index in [1.165, 1.54) is 0 Å². The van der Waals surface area contributed by atoms with E-state index in [9.17, 15) is 0 Å². The SMILES string of the molecule is C#C.O=S(O)O. The molecule has 0 aromatic rings. The van der Waals surface area contributed by atoms with Gasteiger partial charge in [-0.3, -0.25) is 9.11 Å². The smallest absolute Gasteiger partial charge is 0.284 e. The quantitative estimate of drug-likeness (QED) is 0.337. The molecule has 0 aliphatic heterocycles. The third kappa shape index (κ3) is 183. The van der Waals surface area contributed by atoms with Crippen molar-refractivity contribution in [3.05, 3.63) is 0 Å². The standard InChI is InChI=1S/C2H2.H2O3S/c1-2;1-4(2)3/h1-2H;(H2,1,2,3). The molecule has 6 heavy (non-hydrogen) atoms. The second kappa shape index (κ2) is 8.82. The van der Waals surface area contributed by atoms with Gasteiger partial charge in [-0.05, 0) is 0 Å². The van der Waals surface area contributed by atoms with E-state index in [2.05, 4.69) is 12.8 Å². The van der Waals surface area contributed by atoms with Gasteiger partial charge in [-0.25, -0.2) is 0 Å². The first-order chi connectivity index (χ1) is 2.73. The van der Waals surface area contributed by atoms with Crippen LogP contribution in [0.1, 0.15) is 0 Å². The lowest BCUT2D eigenvalue weighted by Crippen LogP contribution is -1.74. The number of terminal acetylenes is 1. The molecule has 4 heteroatoms. The molecule has 0 rings (SSSR count). The average Bonchev–Trinajstić information content (AvgIpc) is 1.41. The Kier molecular flexibility index (Phi) is 13.5. The molecule has 0 saturated heterocycles. The van der Waals surface area contributed by atoms with Crippen LogP contribution in [0.4, 0.5) is 0 Å². The first-order valence-electron chi connectivity index (χ1n) is 0.865.